The fourth-order valence-corrected chi connectivity index (χ4v) is 0.563. The molecule has 0 radical (unpaired) electrons. The summed E-state index contributed by atoms with van der Waals surface area (Å²) in [6.45, 7) is 0.667. The van der Waals surface area contributed by atoms with Crippen LogP contribution in [-0.2, 0) is 0 Å². The van der Waals surface area contributed by atoms with Gasteiger partial charge in [0.15, 0.2) is 0 Å². The van der Waals surface area contributed by atoms with E-state index in [1.165, 1.54) is 0 Å². The largest absolute Gasteiger partial charge is 0.375 e. The summed E-state index contributed by atoms with van der Waals surface area (Å²) < 4.78 is 0. The standard InChI is InChI=1S/C4H9N3O/c1-6-2-5-3-7(6)4-8/h3,8H,2,4H2,1H3. The van der Waals surface area contributed by atoms with Gasteiger partial charge in [-0.05, 0) is 0 Å². The first-order valence-corrected chi connectivity index (χ1v) is 2.43. The molecule has 4 nitrogen and oxygen atoms in total. The molecule has 8 heavy (non-hydrogen) atoms. The molecule has 0 spiro atoms. The monoisotopic (exact) mass is 115 g/mol. The van der Waals surface area contributed by atoms with Crippen molar-refractivity contribution >= 4 is 6.34 Å². The van der Waals surface area contributed by atoms with Crippen LogP contribution >= 0.6 is 0 Å². The van der Waals surface area contributed by atoms with Gasteiger partial charge in [0.2, 0.25) is 0 Å². The predicted octanol–water partition coefficient (Wildman–Crippen LogP) is -0.916. The van der Waals surface area contributed by atoms with Crippen LogP contribution in [0.2, 0.25) is 0 Å². The molecular formula is C4H9N3O. The van der Waals surface area contributed by atoms with Crippen molar-refractivity contribution in [3.63, 3.8) is 0 Å². The van der Waals surface area contributed by atoms with Gasteiger partial charge in [-0.2, -0.15) is 5.01 Å². The zero-order chi connectivity index (χ0) is 5.98. The minimum Gasteiger partial charge on any atom is -0.375 e. The van der Waals surface area contributed by atoms with E-state index in [4.69, 9.17) is 5.11 Å². The van der Waals surface area contributed by atoms with E-state index in [0.717, 1.165) is 0 Å². The third kappa shape index (κ3) is 0.801. The van der Waals surface area contributed by atoms with Gasteiger partial charge < -0.3 is 5.11 Å². The highest BCUT2D eigenvalue weighted by Gasteiger charge is 2.08. The molecule has 1 N–H and O–H groups in total. The highest BCUT2D eigenvalue weighted by atomic mass is 16.3. The molecule has 4 heteroatoms. The second kappa shape index (κ2) is 2.11. The Bertz CT molecular complexity index is 103. The summed E-state index contributed by atoms with van der Waals surface area (Å²) in [7, 11) is 1.86. The van der Waals surface area contributed by atoms with Crippen LogP contribution < -0.4 is 0 Å². The molecule has 0 aromatic carbocycles. The summed E-state index contributed by atoms with van der Waals surface area (Å²) in [5.74, 6) is 0. The van der Waals surface area contributed by atoms with Crippen molar-refractivity contribution in [2.24, 2.45) is 4.99 Å². The molecule has 46 valence electrons. The molecule has 0 unspecified atom stereocenters. The van der Waals surface area contributed by atoms with Crippen molar-refractivity contribution in [1.82, 2.24) is 10.0 Å². The van der Waals surface area contributed by atoms with Crippen molar-refractivity contribution in [3.8, 4) is 0 Å². The molecule has 1 aliphatic heterocycles. The van der Waals surface area contributed by atoms with Crippen molar-refractivity contribution in [2.75, 3.05) is 20.4 Å². The van der Waals surface area contributed by atoms with Gasteiger partial charge in [0.25, 0.3) is 0 Å². The van der Waals surface area contributed by atoms with Gasteiger partial charge in [-0.3, -0.25) is 10.0 Å². The van der Waals surface area contributed by atoms with E-state index in [0.29, 0.717) is 6.67 Å². The lowest BCUT2D eigenvalue weighted by Gasteiger charge is -2.19. The van der Waals surface area contributed by atoms with E-state index in [-0.39, 0.29) is 6.73 Å². The van der Waals surface area contributed by atoms with E-state index in [2.05, 4.69) is 4.99 Å². The first-order valence-electron chi connectivity index (χ1n) is 2.43. The predicted molar refractivity (Wildman–Crippen MR) is 30.0 cm³/mol. The molecule has 0 atom stereocenters. The number of aliphatic imine (C=N–C) groups is 1. The third-order valence-corrected chi connectivity index (χ3v) is 1.08. The number of nitrogens with zero attached hydrogens (tertiary/aromatic N) is 3. The highest BCUT2D eigenvalue weighted by Crippen LogP contribution is 1.95. The van der Waals surface area contributed by atoms with E-state index in [1.807, 2.05) is 12.1 Å². The van der Waals surface area contributed by atoms with Crippen LogP contribution in [0.15, 0.2) is 4.99 Å². The Morgan fingerprint density at radius 2 is 2.62 bits per heavy atom. The Morgan fingerprint density at radius 1 is 1.88 bits per heavy atom. The molecule has 0 fully saturated rings. The first-order chi connectivity index (χ1) is 3.84. The van der Waals surface area contributed by atoms with E-state index in [1.54, 1.807) is 11.3 Å². The topological polar surface area (TPSA) is 39.1 Å². The van der Waals surface area contributed by atoms with Gasteiger partial charge >= 0.3 is 0 Å². The fourth-order valence-electron chi connectivity index (χ4n) is 0.563. The van der Waals surface area contributed by atoms with E-state index >= 15 is 0 Å². The van der Waals surface area contributed by atoms with Crippen molar-refractivity contribution in [2.45, 2.75) is 0 Å². The molecule has 1 aliphatic rings. The number of hydrogen-bond donors (Lipinski definition) is 1. The van der Waals surface area contributed by atoms with Gasteiger partial charge in [0, 0.05) is 7.05 Å². The zero-order valence-electron chi connectivity index (χ0n) is 4.78. The highest BCUT2D eigenvalue weighted by molar-refractivity contribution is 5.55. The Labute approximate surface area is 48.0 Å². The molecule has 1 heterocycles. The Morgan fingerprint density at radius 3 is 2.88 bits per heavy atom. The third-order valence-electron chi connectivity index (χ3n) is 1.08. The molecule has 0 bridgehead atoms. The van der Waals surface area contributed by atoms with Gasteiger partial charge in [0.05, 0.1) is 0 Å². The smallest absolute Gasteiger partial charge is 0.131 e. The average molecular weight is 115 g/mol. The first kappa shape index (κ1) is 5.53. The maximum Gasteiger partial charge on any atom is 0.131 e. The van der Waals surface area contributed by atoms with Gasteiger partial charge in [-0.1, -0.05) is 0 Å². The van der Waals surface area contributed by atoms with Crippen LogP contribution in [0, 0.1) is 0 Å². The van der Waals surface area contributed by atoms with Gasteiger partial charge in [-0.15, -0.1) is 0 Å². The zero-order valence-corrected chi connectivity index (χ0v) is 4.78. The van der Waals surface area contributed by atoms with Gasteiger partial charge in [0.1, 0.15) is 19.7 Å². The minimum absolute atomic E-state index is 0.0139. The van der Waals surface area contributed by atoms with E-state index in [9.17, 15) is 0 Å². The number of rotatable bonds is 1. The number of aliphatic hydroxyl groups is 1. The second-order valence-electron chi connectivity index (χ2n) is 1.68. The van der Waals surface area contributed by atoms with Crippen LogP contribution in [0.25, 0.3) is 0 Å². The molecule has 0 aliphatic carbocycles. The Kier molecular flexibility index (Phi) is 1.45. The second-order valence-corrected chi connectivity index (χ2v) is 1.68. The number of hydrazine groups is 1. The van der Waals surface area contributed by atoms with E-state index < -0.39 is 0 Å². The van der Waals surface area contributed by atoms with Crippen LogP contribution in [0.3, 0.4) is 0 Å². The van der Waals surface area contributed by atoms with Crippen LogP contribution in [0.1, 0.15) is 0 Å². The summed E-state index contributed by atoms with van der Waals surface area (Å²) >= 11 is 0. The quantitative estimate of drug-likeness (QED) is 0.480. The maximum atomic E-state index is 8.53. The summed E-state index contributed by atoms with van der Waals surface area (Å²) in [5, 5.41) is 12.0. The van der Waals surface area contributed by atoms with Crippen molar-refractivity contribution in [1.29, 1.82) is 0 Å². The normalized spacial score (nSPS) is 20.5. The lowest BCUT2D eigenvalue weighted by molar-refractivity contribution is 0.0228. The summed E-state index contributed by atoms with van der Waals surface area (Å²) in [6.07, 6.45) is 1.61. The molecule has 0 amide bonds. The lowest BCUT2D eigenvalue weighted by atomic mass is 11.0. The fraction of sp³-hybridized carbons (Fsp3) is 0.750. The molecule has 0 aromatic rings. The summed E-state index contributed by atoms with van der Waals surface area (Å²) in [6, 6.07) is 0. The number of hydrogen-bond acceptors (Lipinski definition) is 4. The Hall–Kier alpha value is -0.610. The lowest BCUT2D eigenvalue weighted by Crippen LogP contribution is -2.34. The average Bonchev–Trinajstić information content (AvgIpc) is 2.14. The van der Waals surface area contributed by atoms with Crippen LogP contribution in [0.5, 0.6) is 0 Å². The van der Waals surface area contributed by atoms with Crippen LogP contribution in [0.4, 0.5) is 0 Å². The Balaban J connectivity index is 2.41. The SMILES string of the molecule is CN1CN=CN1CO. The summed E-state index contributed by atoms with van der Waals surface area (Å²) in [4.78, 5) is 3.88. The van der Waals surface area contributed by atoms with Crippen LogP contribution in [-0.4, -0.2) is 41.9 Å². The molecular weight excluding hydrogens is 106 g/mol. The van der Waals surface area contributed by atoms with Crippen molar-refractivity contribution < 1.29 is 5.11 Å². The molecule has 0 saturated carbocycles. The molecule has 0 saturated heterocycles. The maximum absolute atomic E-state index is 8.53. The van der Waals surface area contributed by atoms with Gasteiger partial charge in [-0.25, -0.2) is 0 Å². The number of aliphatic hydroxyl groups excluding tert-OH is 1. The summed E-state index contributed by atoms with van der Waals surface area (Å²) in [5.41, 5.74) is 0. The molecule has 0 aromatic heterocycles. The minimum atomic E-state index is 0.0139. The molecule has 1 rings (SSSR count). The van der Waals surface area contributed by atoms with Crippen molar-refractivity contribution in [3.05, 3.63) is 0 Å².